The van der Waals surface area contributed by atoms with Crippen LogP contribution in [0.5, 0.6) is 11.5 Å². The number of benzene rings is 2. The van der Waals surface area contributed by atoms with Crippen molar-refractivity contribution in [3.8, 4) is 11.5 Å². The Morgan fingerprint density at radius 1 is 1.13 bits per heavy atom. The molecule has 0 aliphatic carbocycles. The maximum atomic E-state index is 10.6. The number of phenols is 1. The largest absolute Gasteiger partial charge is 0.506 e. The van der Waals surface area contributed by atoms with Crippen LogP contribution in [0.4, 0.5) is 5.69 Å². The molecular weight excluding hydrogens is 440 g/mol. The Morgan fingerprint density at radius 3 is 2.53 bits per heavy atom. The van der Waals surface area contributed by atoms with Crippen molar-refractivity contribution in [3.05, 3.63) is 63.0 Å². The molecule has 0 amide bonds. The van der Waals surface area contributed by atoms with Crippen LogP contribution in [0.1, 0.15) is 25.8 Å². The highest BCUT2D eigenvalue weighted by Gasteiger charge is 2.20. The summed E-state index contributed by atoms with van der Waals surface area (Å²) in [6.07, 6.45) is 9.13. The summed E-state index contributed by atoms with van der Waals surface area (Å²) in [6, 6.07) is 10.3. The van der Waals surface area contributed by atoms with Gasteiger partial charge < -0.3 is 14.7 Å². The minimum absolute atomic E-state index is 0.317. The fraction of sp³-hybridized carbons (Fsp3) is 0.360. The third-order valence-electron chi connectivity index (χ3n) is 5.47. The van der Waals surface area contributed by atoms with Crippen molar-refractivity contribution >= 4 is 33.8 Å². The summed E-state index contributed by atoms with van der Waals surface area (Å²) < 4.78 is 6.29. The Morgan fingerprint density at radius 2 is 1.87 bits per heavy atom. The zero-order valence-corrected chi connectivity index (χ0v) is 19.7. The van der Waals surface area contributed by atoms with Gasteiger partial charge in [-0.15, -0.1) is 0 Å². The Kier molecular flexibility index (Phi) is 8.00. The minimum atomic E-state index is 0.317. The van der Waals surface area contributed by atoms with Gasteiger partial charge in [0.25, 0.3) is 0 Å². The average molecular weight is 471 g/mol. The summed E-state index contributed by atoms with van der Waals surface area (Å²) in [5.41, 5.74) is 2.39. The molecule has 0 radical (unpaired) electrons. The topological polar surface area (TPSA) is 35.9 Å². The van der Waals surface area contributed by atoms with Gasteiger partial charge in [0.2, 0.25) is 0 Å². The van der Waals surface area contributed by atoms with E-state index in [9.17, 15) is 5.11 Å². The first-order valence-corrected chi connectivity index (χ1v) is 11.3. The van der Waals surface area contributed by atoms with Gasteiger partial charge in [-0.05, 0) is 58.3 Å². The monoisotopic (exact) mass is 470 g/mol. The number of methoxy groups -OCH3 is 1. The molecule has 0 unspecified atom stereocenters. The summed E-state index contributed by atoms with van der Waals surface area (Å²) in [7, 11) is 1.73. The molecule has 0 atom stereocenters. The van der Waals surface area contributed by atoms with Gasteiger partial charge in [0.15, 0.2) is 0 Å². The molecule has 0 bridgehead atoms. The number of para-hydroxylation sites is 2. The Hall–Kier alpha value is -2.24. The number of nitrogens with zero attached hydrogens (tertiary/aromatic N) is 2. The van der Waals surface area contributed by atoms with Crippen molar-refractivity contribution in [1.82, 2.24) is 4.90 Å². The Labute approximate surface area is 187 Å². The normalized spacial score (nSPS) is 16.6. The number of aromatic hydroxyl groups is 1. The SMILES string of the molecule is C\C=C/C=c1/c(CN2CCN(c3ccccc3OC)CC2)cc(Br)c(O)/c1=C\CC. The lowest BCUT2D eigenvalue weighted by atomic mass is 10.1. The molecule has 0 aromatic heterocycles. The van der Waals surface area contributed by atoms with Crippen LogP contribution in [0.15, 0.2) is 47.0 Å². The molecule has 160 valence electrons. The van der Waals surface area contributed by atoms with Crippen LogP contribution in [0.2, 0.25) is 0 Å². The van der Waals surface area contributed by atoms with Crippen LogP contribution in [-0.2, 0) is 6.54 Å². The Balaban J connectivity index is 1.83. The fourth-order valence-corrected chi connectivity index (χ4v) is 4.43. The van der Waals surface area contributed by atoms with Crippen LogP contribution in [0.3, 0.4) is 0 Å². The van der Waals surface area contributed by atoms with E-state index in [2.05, 4.69) is 63.0 Å². The number of rotatable bonds is 6. The number of halogens is 1. The average Bonchev–Trinajstić information content (AvgIpc) is 2.77. The van der Waals surface area contributed by atoms with E-state index < -0.39 is 0 Å². The highest BCUT2D eigenvalue weighted by molar-refractivity contribution is 9.10. The highest BCUT2D eigenvalue weighted by Crippen LogP contribution is 2.28. The smallest absolute Gasteiger partial charge is 0.142 e. The molecule has 0 saturated carbocycles. The third-order valence-corrected chi connectivity index (χ3v) is 6.08. The first kappa shape index (κ1) is 22.4. The molecule has 1 heterocycles. The molecule has 1 aliphatic rings. The molecule has 2 aromatic rings. The van der Waals surface area contributed by atoms with Crippen LogP contribution in [-0.4, -0.2) is 43.3 Å². The van der Waals surface area contributed by atoms with Crippen molar-refractivity contribution in [1.29, 1.82) is 0 Å². The first-order chi connectivity index (χ1) is 14.6. The molecule has 4 nitrogen and oxygen atoms in total. The van der Waals surface area contributed by atoms with Crippen LogP contribution < -0.4 is 20.1 Å². The molecule has 1 aliphatic heterocycles. The van der Waals surface area contributed by atoms with Crippen molar-refractivity contribution in [2.45, 2.75) is 26.8 Å². The highest BCUT2D eigenvalue weighted by atomic mass is 79.9. The van der Waals surface area contributed by atoms with Crippen LogP contribution >= 0.6 is 15.9 Å². The van der Waals surface area contributed by atoms with Gasteiger partial charge in [0.05, 0.1) is 17.3 Å². The van der Waals surface area contributed by atoms with Crippen molar-refractivity contribution < 1.29 is 9.84 Å². The zero-order valence-electron chi connectivity index (χ0n) is 18.1. The maximum absolute atomic E-state index is 10.6. The van der Waals surface area contributed by atoms with Gasteiger partial charge in [0, 0.05) is 37.9 Å². The molecule has 1 fully saturated rings. The van der Waals surface area contributed by atoms with E-state index in [1.54, 1.807) is 7.11 Å². The Bertz CT molecular complexity index is 1010. The van der Waals surface area contributed by atoms with Crippen LogP contribution in [0, 0.1) is 0 Å². The van der Waals surface area contributed by atoms with Crippen molar-refractivity contribution in [2.75, 3.05) is 38.2 Å². The number of anilines is 1. The second-order valence-corrected chi connectivity index (χ2v) is 8.29. The van der Waals surface area contributed by atoms with Crippen molar-refractivity contribution in [3.63, 3.8) is 0 Å². The number of hydrogen-bond acceptors (Lipinski definition) is 4. The molecule has 5 heteroatoms. The van der Waals surface area contributed by atoms with Gasteiger partial charge in [-0.2, -0.15) is 0 Å². The number of piperazine rings is 1. The predicted molar refractivity (Wildman–Crippen MR) is 130 cm³/mol. The van der Waals surface area contributed by atoms with E-state index in [0.717, 1.165) is 65.5 Å². The molecule has 30 heavy (non-hydrogen) atoms. The molecule has 0 spiro atoms. The number of allylic oxidation sites excluding steroid dienone is 2. The minimum Gasteiger partial charge on any atom is -0.506 e. The van der Waals surface area contributed by atoms with Crippen LogP contribution in [0.25, 0.3) is 12.2 Å². The van der Waals surface area contributed by atoms with E-state index in [0.29, 0.717) is 5.75 Å². The van der Waals surface area contributed by atoms with E-state index in [1.165, 1.54) is 5.56 Å². The standard InChI is InChI=1S/C25H31BrN2O2/c1-4-6-10-20-19(17-22(26)25(29)21(20)9-5-2)18-27-13-15-28(16-14-27)23-11-7-8-12-24(23)30-3/h4,6-12,17,29H,5,13-16,18H2,1-3H3/b6-4-,20-10-,21-9-. The van der Waals surface area contributed by atoms with Gasteiger partial charge in [-0.1, -0.05) is 43.4 Å². The molecular formula is C25H31BrN2O2. The van der Waals surface area contributed by atoms with Crippen molar-refractivity contribution in [2.24, 2.45) is 0 Å². The van der Waals surface area contributed by atoms with E-state index in [1.807, 2.05) is 31.2 Å². The summed E-state index contributed by atoms with van der Waals surface area (Å²) in [5, 5.41) is 12.6. The number of phenolic OH excluding ortho intramolecular Hbond substituents is 1. The number of ether oxygens (including phenoxy) is 1. The van der Waals surface area contributed by atoms with Gasteiger partial charge >= 0.3 is 0 Å². The maximum Gasteiger partial charge on any atom is 0.142 e. The summed E-state index contributed by atoms with van der Waals surface area (Å²) in [5.74, 6) is 1.24. The lowest BCUT2D eigenvalue weighted by Crippen LogP contribution is -2.47. The summed E-state index contributed by atoms with van der Waals surface area (Å²) in [4.78, 5) is 4.87. The van der Waals surface area contributed by atoms with Gasteiger partial charge in [0.1, 0.15) is 11.5 Å². The first-order valence-electron chi connectivity index (χ1n) is 10.5. The van der Waals surface area contributed by atoms with Gasteiger partial charge in [-0.3, -0.25) is 4.90 Å². The van der Waals surface area contributed by atoms with E-state index in [4.69, 9.17) is 4.74 Å². The summed E-state index contributed by atoms with van der Waals surface area (Å²) >= 11 is 3.55. The lowest BCUT2D eigenvalue weighted by Gasteiger charge is -2.36. The fourth-order valence-electron chi connectivity index (χ4n) is 3.94. The quantitative estimate of drug-likeness (QED) is 0.690. The lowest BCUT2D eigenvalue weighted by molar-refractivity contribution is 0.248. The van der Waals surface area contributed by atoms with E-state index >= 15 is 0 Å². The summed E-state index contributed by atoms with van der Waals surface area (Å²) in [6.45, 7) is 8.83. The zero-order chi connectivity index (χ0) is 21.5. The second-order valence-electron chi connectivity index (χ2n) is 7.43. The molecule has 1 saturated heterocycles. The van der Waals surface area contributed by atoms with Gasteiger partial charge in [-0.25, -0.2) is 0 Å². The molecule has 1 N–H and O–H groups in total. The molecule has 3 rings (SSSR count). The molecule has 2 aromatic carbocycles. The predicted octanol–water partition coefficient (Wildman–Crippen LogP) is 4.03. The number of hydrogen-bond donors (Lipinski definition) is 1. The van der Waals surface area contributed by atoms with E-state index in [-0.39, 0.29) is 0 Å². The second kappa shape index (κ2) is 10.7. The third kappa shape index (κ3) is 5.08.